The molecule has 0 aromatic heterocycles. The van der Waals surface area contributed by atoms with E-state index in [9.17, 15) is 8.78 Å². The number of allylic oxidation sites excluding steroid dienone is 2. The van der Waals surface area contributed by atoms with Gasteiger partial charge in [-0.1, -0.05) is 54.1 Å². The molecule has 0 atom stereocenters. The largest absolute Gasteiger partial charge is 0.431 e. The maximum Gasteiger partial charge on any atom is 0.421 e. The fourth-order valence-electron chi connectivity index (χ4n) is 3.60. The zero-order valence-corrected chi connectivity index (χ0v) is 16.5. The molecule has 0 unspecified atom stereocenters. The number of ether oxygens (including phenoxy) is 2. The first-order chi connectivity index (χ1) is 13.4. The molecule has 0 spiro atoms. The van der Waals surface area contributed by atoms with Gasteiger partial charge in [-0.25, -0.2) is 0 Å². The smallest absolute Gasteiger partial charge is 0.421 e. The Morgan fingerprint density at radius 2 is 1.50 bits per heavy atom. The number of halogens is 2. The van der Waals surface area contributed by atoms with Gasteiger partial charge < -0.3 is 9.47 Å². The molecule has 0 N–H and O–H groups in total. The second-order valence-electron chi connectivity index (χ2n) is 7.50. The Bertz CT molecular complexity index is 758. The van der Waals surface area contributed by atoms with Gasteiger partial charge in [-0.3, -0.25) is 0 Å². The number of aryl methyl sites for hydroxylation is 1. The molecule has 4 heteroatoms. The van der Waals surface area contributed by atoms with Gasteiger partial charge in [0.05, 0.1) is 6.10 Å². The first kappa shape index (κ1) is 20.5. The van der Waals surface area contributed by atoms with Crippen LogP contribution in [0.25, 0.3) is 11.1 Å². The van der Waals surface area contributed by atoms with Crippen LogP contribution in [0.15, 0.2) is 60.7 Å². The van der Waals surface area contributed by atoms with Crippen molar-refractivity contribution >= 4 is 0 Å². The van der Waals surface area contributed by atoms with E-state index in [0.29, 0.717) is 5.92 Å². The second-order valence-corrected chi connectivity index (χ2v) is 7.50. The van der Waals surface area contributed by atoms with Crippen LogP contribution in [0.2, 0.25) is 0 Å². The van der Waals surface area contributed by atoms with Gasteiger partial charge >= 0.3 is 6.11 Å². The van der Waals surface area contributed by atoms with Gasteiger partial charge in [-0.2, -0.15) is 8.78 Å². The fourth-order valence-corrected chi connectivity index (χ4v) is 3.60. The number of hydrogen-bond donors (Lipinski definition) is 0. The summed E-state index contributed by atoms with van der Waals surface area (Å²) in [5, 5.41) is 0. The third-order valence-corrected chi connectivity index (χ3v) is 5.18. The highest BCUT2D eigenvalue weighted by Crippen LogP contribution is 2.30. The predicted molar refractivity (Wildman–Crippen MR) is 109 cm³/mol. The number of hydrogen-bond acceptors (Lipinski definition) is 2. The first-order valence-electron chi connectivity index (χ1n) is 9.93. The van der Waals surface area contributed by atoms with E-state index in [1.165, 1.54) is 5.56 Å². The molecule has 0 aliphatic heterocycles. The SMILES string of the molecule is C/C=C/C1CCC(OCC(F)(F)Oc2ccc(-c3ccc(C)cc3)cc2)CC1. The normalized spacial score (nSPS) is 20.4. The van der Waals surface area contributed by atoms with Crippen LogP contribution in [0.3, 0.4) is 0 Å². The van der Waals surface area contributed by atoms with Gasteiger partial charge in [0.15, 0.2) is 6.61 Å². The molecule has 2 nitrogen and oxygen atoms in total. The zero-order chi connectivity index (χ0) is 20.0. The van der Waals surface area contributed by atoms with Crippen LogP contribution < -0.4 is 4.74 Å². The number of rotatable bonds is 7. The summed E-state index contributed by atoms with van der Waals surface area (Å²) >= 11 is 0. The summed E-state index contributed by atoms with van der Waals surface area (Å²) in [4.78, 5) is 0. The highest BCUT2D eigenvalue weighted by Gasteiger charge is 2.34. The van der Waals surface area contributed by atoms with E-state index >= 15 is 0 Å². The summed E-state index contributed by atoms with van der Waals surface area (Å²) in [6.45, 7) is 3.32. The quantitative estimate of drug-likeness (QED) is 0.488. The molecule has 0 amide bonds. The number of alkyl halides is 2. The minimum atomic E-state index is -3.34. The standard InChI is InChI=1S/C24H28F2O2/c1-3-4-19-7-13-22(14-8-19)27-17-24(25,26)28-23-15-11-21(12-16-23)20-9-5-18(2)6-10-20/h3-6,9-12,15-16,19,22H,7-8,13-14,17H2,1-2H3/b4-3+. The van der Waals surface area contributed by atoms with Crippen LogP contribution in [-0.4, -0.2) is 18.8 Å². The summed E-state index contributed by atoms with van der Waals surface area (Å²) in [6, 6.07) is 14.8. The maximum atomic E-state index is 14.2. The number of benzene rings is 2. The van der Waals surface area contributed by atoms with Crippen LogP contribution >= 0.6 is 0 Å². The molecular formula is C24H28F2O2. The van der Waals surface area contributed by atoms with Gasteiger partial charge in [0.1, 0.15) is 5.75 Å². The molecule has 1 saturated carbocycles. The molecule has 3 rings (SSSR count). The van der Waals surface area contributed by atoms with Crippen molar-refractivity contribution in [3.8, 4) is 16.9 Å². The lowest BCUT2D eigenvalue weighted by Gasteiger charge is -2.28. The van der Waals surface area contributed by atoms with E-state index in [2.05, 4.69) is 12.2 Å². The van der Waals surface area contributed by atoms with Crippen molar-refractivity contribution in [3.63, 3.8) is 0 Å². The topological polar surface area (TPSA) is 18.5 Å². The zero-order valence-electron chi connectivity index (χ0n) is 16.5. The Balaban J connectivity index is 1.50. The second kappa shape index (κ2) is 9.33. The average Bonchev–Trinajstić information content (AvgIpc) is 2.69. The highest BCUT2D eigenvalue weighted by molar-refractivity contribution is 5.64. The minimum absolute atomic E-state index is 0.111. The van der Waals surface area contributed by atoms with Gasteiger partial charge in [-0.05, 0) is 68.7 Å². The summed E-state index contributed by atoms with van der Waals surface area (Å²) < 4.78 is 38.7. The minimum Gasteiger partial charge on any atom is -0.431 e. The van der Waals surface area contributed by atoms with Gasteiger partial charge in [0.25, 0.3) is 0 Å². The third-order valence-electron chi connectivity index (χ3n) is 5.18. The molecule has 150 valence electrons. The van der Waals surface area contributed by atoms with E-state index < -0.39 is 12.7 Å². The molecule has 0 bridgehead atoms. The molecule has 28 heavy (non-hydrogen) atoms. The van der Waals surface area contributed by atoms with E-state index in [1.807, 2.05) is 38.1 Å². The van der Waals surface area contributed by atoms with E-state index in [4.69, 9.17) is 9.47 Å². The molecule has 0 saturated heterocycles. The Hall–Kier alpha value is -2.20. The van der Waals surface area contributed by atoms with Crippen LogP contribution in [0.5, 0.6) is 5.75 Å². The van der Waals surface area contributed by atoms with Crippen molar-refractivity contribution in [2.45, 2.75) is 51.7 Å². The van der Waals surface area contributed by atoms with Gasteiger partial charge in [0, 0.05) is 0 Å². The lowest BCUT2D eigenvalue weighted by Crippen LogP contribution is -2.34. The van der Waals surface area contributed by atoms with Crippen molar-refractivity contribution < 1.29 is 18.3 Å². The van der Waals surface area contributed by atoms with Crippen molar-refractivity contribution in [3.05, 3.63) is 66.2 Å². The Morgan fingerprint density at radius 3 is 2.07 bits per heavy atom. The summed E-state index contributed by atoms with van der Waals surface area (Å²) in [6.07, 6.45) is 4.40. The van der Waals surface area contributed by atoms with Crippen molar-refractivity contribution in [2.24, 2.45) is 5.92 Å². The predicted octanol–water partition coefficient (Wildman–Crippen LogP) is 6.79. The molecule has 1 aliphatic rings. The maximum absolute atomic E-state index is 14.2. The lowest BCUT2D eigenvalue weighted by molar-refractivity contribution is -0.222. The van der Waals surface area contributed by atoms with Crippen LogP contribution in [0.1, 0.15) is 38.2 Å². The third kappa shape index (κ3) is 5.90. The lowest BCUT2D eigenvalue weighted by atomic mass is 9.87. The summed E-state index contributed by atoms with van der Waals surface area (Å²) in [5.41, 5.74) is 3.18. The molecule has 0 radical (unpaired) electrons. The van der Waals surface area contributed by atoms with Crippen molar-refractivity contribution in [1.29, 1.82) is 0 Å². The van der Waals surface area contributed by atoms with Crippen molar-refractivity contribution in [1.82, 2.24) is 0 Å². The first-order valence-corrected chi connectivity index (χ1v) is 9.93. The molecule has 1 aliphatic carbocycles. The van der Waals surface area contributed by atoms with E-state index in [-0.39, 0.29) is 11.9 Å². The molecular weight excluding hydrogens is 358 g/mol. The molecule has 2 aromatic rings. The Morgan fingerprint density at radius 1 is 0.929 bits per heavy atom. The summed E-state index contributed by atoms with van der Waals surface area (Å²) in [7, 11) is 0. The van der Waals surface area contributed by atoms with E-state index in [0.717, 1.165) is 36.8 Å². The molecule has 2 aromatic carbocycles. The van der Waals surface area contributed by atoms with Crippen molar-refractivity contribution in [2.75, 3.05) is 6.61 Å². The van der Waals surface area contributed by atoms with Gasteiger partial charge in [-0.15, -0.1) is 0 Å². The van der Waals surface area contributed by atoms with Gasteiger partial charge in [0.2, 0.25) is 0 Å². The highest BCUT2D eigenvalue weighted by atomic mass is 19.3. The average molecular weight is 386 g/mol. The molecule has 1 fully saturated rings. The Kier molecular flexibility index (Phi) is 6.84. The fraction of sp³-hybridized carbons (Fsp3) is 0.417. The summed E-state index contributed by atoms with van der Waals surface area (Å²) in [5.74, 6) is 0.690. The Labute approximate surface area is 166 Å². The monoisotopic (exact) mass is 386 g/mol. The van der Waals surface area contributed by atoms with Crippen LogP contribution in [0.4, 0.5) is 8.78 Å². The van der Waals surface area contributed by atoms with E-state index in [1.54, 1.807) is 24.3 Å². The van der Waals surface area contributed by atoms with Crippen LogP contribution in [-0.2, 0) is 4.74 Å². The molecule has 0 heterocycles. The van der Waals surface area contributed by atoms with Crippen LogP contribution in [0, 0.1) is 12.8 Å².